The van der Waals surface area contributed by atoms with Crippen molar-refractivity contribution in [1.29, 1.82) is 0 Å². The Bertz CT molecular complexity index is 1060. The van der Waals surface area contributed by atoms with Crippen molar-refractivity contribution in [2.75, 3.05) is 44.2 Å². The minimum absolute atomic E-state index is 0.0351. The first-order valence-electron chi connectivity index (χ1n) is 10.3. The first-order valence-corrected chi connectivity index (χ1v) is 11.2. The molecule has 30 heavy (non-hydrogen) atoms. The number of hydrogen-bond donors (Lipinski definition) is 0. The Morgan fingerprint density at radius 2 is 1.67 bits per heavy atom. The van der Waals surface area contributed by atoms with Crippen molar-refractivity contribution in [3.63, 3.8) is 0 Å². The van der Waals surface area contributed by atoms with Crippen LogP contribution in [-0.2, 0) is 9.59 Å². The van der Waals surface area contributed by atoms with Crippen molar-refractivity contribution >= 4 is 39.9 Å². The van der Waals surface area contributed by atoms with Gasteiger partial charge in [-0.05, 0) is 23.6 Å². The summed E-state index contributed by atoms with van der Waals surface area (Å²) < 4.78 is 0. The molecule has 8 heteroatoms. The highest BCUT2D eigenvalue weighted by molar-refractivity contribution is 7.08. The van der Waals surface area contributed by atoms with Crippen LogP contribution in [0.4, 0.5) is 5.82 Å². The van der Waals surface area contributed by atoms with E-state index in [2.05, 4.69) is 27.3 Å². The van der Waals surface area contributed by atoms with Crippen LogP contribution in [0.1, 0.15) is 12.8 Å². The van der Waals surface area contributed by atoms with Crippen molar-refractivity contribution in [2.45, 2.75) is 12.8 Å². The summed E-state index contributed by atoms with van der Waals surface area (Å²) >= 11 is 1.65. The Morgan fingerprint density at radius 1 is 0.900 bits per heavy atom. The maximum Gasteiger partial charge on any atom is 0.229 e. The van der Waals surface area contributed by atoms with Crippen molar-refractivity contribution in [3.8, 4) is 11.4 Å². The Balaban J connectivity index is 1.31. The highest BCUT2D eigenvalue weighted by Gasteiger charge is 2.29. The molecule has 1 aromatic carbocycles. The Morgan fingerprint density at radius 3 is 2.40 bits per heavy atom. The monoisotopic (exact) mass is 421 g/mol. The van der Waals surface area contributed by atoms with Crippen LogP contribution in [-0.4, -0.2) is 70.9 Å². The van der Waals surface area contributed by atoms with Crippen LogP contribution < -0.4 is 4.90 Å². The summed E-state index contributed by atoms with van der Waals surface area (Å²) in [4.78, 5) is 39.4. The zero-order valence-electron chi connectivity index (χ0n) is 16.7. The van der Waals surface area contributed by atoms with Crippen LogP contribution in [0, 0.1) is 0 Å². The normalized spacial score (nSPS) is 18.0. The van der Waals surface area contributed by atoms with Gasteiger partial charge in [-0.25, -0.2) is 9.97 Å². The standard InChI is InChI=1S/C22H23N5O2S/c28-19-5-6-20(29)27(19)13-10-25-8-11-26(12-9-25)22-17-3-1-2-4-18(17)23-21(24-22)16-7-14-30-15-16/h1-4,7,14-15H,5-6,8-13H2. The molecular formula is C22H23N5O2S. The molecular weight excluding hydrogens is 398 g/mol. The number of amides is 2. The van der Waals surface area contributed by atoms with Gasteiger partial charge in [0.1, 0.15) is 5.82 Å². The average Bonchev–Trinajstić information content (AvgIpc) is 3.42. The molecule has 0 atom stereocenters. The van der Waals surface area contributed by atoms with E-state index < -0.39 is 0 Å². The highest BCUT2D eigenvalue weighted by Crippen LogP contribution is 2.29. The molecule has 0 aliphatic carbocycles. The van der Waals surface area contributed by atoms with E-state index in [0.29, 0.717) is 19.4 Å². The fraction of sp³-hybridized carbons (Fsp3) is 0.364. The fourth-order valence-electron chi connectivity index (χ4n) is 4.12. The molecule has 3 aromatic rings. The van der Waals surface area contributed by atoms with Gasteiger partial charge < -0.3 is 4.90 Å². The molecule has 2 aromatic heterocycles. The molecule has 154 valence electrons. The van der Waals surface area contributed by atoms with E-state index in [0.717, 1.165) is 60.8 Å². The third kappa shape index (κ3) is 3.68. The Hall–Kier alpha value is -2.84. The molecule has 0 radical (unpaired) electrons. The second kappa shape index (κ2) is 8.12. The molecule has 0 N–H and O–H groups in total. The summed E-state index contributed by atoms with van der Waals surface area (Å²) in [6.07, 6.45) is 0.722. The van der Waals surface area contributed by atoms with Crippen LogP contribution in [0.2, 0.25) is 0 Å². The number of thiophene rings is 1. The maximum absolute atomic E-state index is 11.8. The summed E-state index contributed by atoms with van der Waals surface area (Å²) in [5, 5.41) is 5.19. The molecule has 7 nitrogen and oxygen atoms in total. The van der Waals surface area contributed by atoms with Crippen LogP contribution in [0.25, 0.3) is 22.3 Å². The molecule has 2 aliphatic heterocycles. The van der Waals surface area contributed by atoms with E-state index in [4.69, 9.17) is 9.97 Å². The van der Waals surface area contributed by atoms with Crippen LogP contribution in [0.5, 0.6) is 0 Å². The lowest BCUT2D eigenvalue weighted by Crippen LogP contribution is -2.49. The molecule has 2 amide bonds. The lowest BCUT2D eigenvalue weighted by Gasteiger charge is -2.36. The van der Waals surface area contributed by atoms with Gasteiger partial charge in [-0.15, -0.1) is 0 Å². The smallest absolute Gasteiger partial charge is 0.229 e. The van der Waals surface area contributed by atoms with Crippen LogP contribution in [0.15, 0.2) is 41.1 Å². The number of imide groups is 1. The zero-order valence-corrected chi connectivity index (χ0v) is 17.5. The third-order valence-corrected chi connectivity index (χ3v) is 6.51. The van der Waals surface area contributed by atoms with E-state index in [1.54, 1.807) is 11.3 Å². The fourth-order valence-corrected chi connectivity index (χ4v) is 4.75. The third-order valence-electron chi connectivity index (χ3n) is 5.83. The first kappa shape index (κ1) is 19.1. The number of fused-ring (bicyclic) bond motifs is 1. The Kier molecular flexibility index (Phi) is 5.18. The second-order valence-corrected chi connectivity index (χ2v) is 8.45. The maximum atomic E-state index is 11.8. The molecule has 0 spiro atoms. The molecule has 2 saturated heterocycles. The van der Waals surface area contributed by atoms with E-state index in [9.17, 15) is 9.59 Å². The van der Waals surface area contributed by atoms with Crippen molar-refractivity contribution < 1.29 is 9.59 Å². The van der Waals surface area contributed by atoms with Gasteiger partial charge in [-0.3, -0.25) is 19.4 Å². The second-order valence-electron chi connectivity index (χ2n) is 7.67. The van der Waals surface area contributed by atoms with E-state index >= 15 is 0 Å². The largest absolute Gasteiger partial charge is 0.353 e. The van der Waals surface area contributed by atoms with E-state index in [-0.39, 0.29) is 11.8 Å². The quantitative estimate of drug-likeness (QED) is 0.590. The van der Waals surface area contributed by atoms with Gasteiger partial charge in [-0.2, -0.15) is 11.3 Å². The van der Waals surface area contributed by atoms with Crippen molar-refractivity contribution in [1.82, 2.24) is 19.8 Å². The van der Waals surface area contributed by atoms with Gasteiger partial charge >= 0.3 is 0 Å². The summed E-state index contributed by atoms with van der Waals surface area (Å²) in [7, 11) is 0. The van der Waals surface area contributed by atoms with E-state index in [1.165, 1.54) is 4.90 Å². The first-order chi connectivity index (χ1) is 14.7. The zero-order chi connectivity index (χ0) is 20.5. The van der Waals surface area contributed by atoms with Gasteiger partial charge in [-0.1, -0.05) is 12.1 Å². The number of piperazine rings is 1. The van der Waals surface area contributed by atoms with E-state index in [1.807, 2.05) is 23.6 Å². The van der Waals surface area contributed by atoms with Crippen molar-refractivity contribution in [3.05, 3.63) is 41.1 Å². The SMILES string of the molecule is O=C1CCC(=O)N1CCN1CCN(c2nc(-c3ccsc3)nc3ccccc23)CC1. The molecule has 5 rings (SSSR count). The number of benzene rings is 1. The minimum Gasteiger partial charge on any atom is -0.353 e. The predicted molar refractivity (Wildman–Crippen MR) is 117 cm³/mol. The number of carbonyl (C=O) groups is 2. The van der Waals surface area contributed by atoms with Gasteiger partial charge in [0.25, 0.3) is 0 Å². The summed E-state index contributed by atoms with van der Waals surface area (Å²) in [6, 6.07) is 10.2. The molecule has 4 heterocycles. The van der Waals surface area contributed by atoms with Crippen LogP contribution >= 0.6 is 11.3 Å². The molecule has 0 bridgehead atoms. The lowest BCUT2D eigenvalue weighted by molar-refractivity contribution is -0.138. The summed E-state index contributed by atoms with van der Waals surface area (Å²) in [5.41, 5.74) is 2.00. The number of nitrogens with zero attached hydrogens (tertiary/aromatic N) is 5. The number of aromatic nitrogens is 2. The molecule has 2 aliphatic rings. The van der Waals surface area contributed by atoms with Gasteiger partial charge in [0.15, 0.2) is 5.82 Å². The van der Waals surface area contributed by atoms with Crippen LogP contribution in [0.3, 0.4) is 0 Å². The number of rotatable bonds is 5. The average molecular weight is 422 g/mol. The Labute approximate surface area is 178 Å². The number of para-hydroxylation sites is 1. The number of anilines is 1. The molecule has 0 unspecified atom stereocenters. The minimum atomic E-state index is -0.0351. The molecule has 2 fully saturated rings. The summed E-state index contributed by atoms with van der Waals surface area (Å²) in [6.45, 7) is 4.69. The number of likely N-dealkylation sites (tertiary alicyclic amines) is 1. The van der Waals surface area contributed by atoms with Crippen molar-refractivity contribution in [2.24, 2.45) is 0 Å². The van der Waals surface area contributed by atoms with Gasteiger partial charge in [0.2, 0.25) is 11.8 Å². The number of hydrogen-bond acceptors (Lipinski definition) is 7. The highest BCUT2D eigenvalue weighted by atomic mass is 32.1. The van der Waals surface area contributed by atoms with Gasteiger partial charge in [0.05, 0.1) is 5.52 Å². The summed E-state index contributed by atoms with van der Waals surface area (Å²) in [5.74, 6) is 1.67. The topological polar surface area (TPSA) is 69.6 Å². The molecule has 0 saturated carbocycles. The van der Waals surface area contributed by atoms with Gasteiger partial charge in [0, 0.05) is 68.4 Å². The predicted octanol–water partition coefficient (Wildman–Crippen LogP) is 2.63. The number of carbonyl (C=O) groups excluding carboxylic acids is 2. The lowest BCUT2D eigenvalue weighted by atomic mass is 10.2.